The summed E-state index contributed by atoms with van der Waals surface area (Å²) in [6.45, 7) is 0.186. The molecule has 1 aliphatic rings. The number of hydrogen-bond donors (Lipinski definition) is 1. The third-order valence-electron chi connectivity index (χ3n) is 1.21. The lowest BCUT2D eigenvalue weighted by atomic mass is 10.4. The average molecular weight is 139 g/mol. The Hall–Kier alpha value is -1.45. The summed E-state index contributed by atoms with van der Waals surface area (Å²) in [7, 11) is 0. The van der Waals surface area contributed by atoms with E-state index >= 15 is 0 Å². The second-order valence-corrected chi connectivity index (χ2v) is 1.90. The van der Waals surface area contributed by atoms with E-state index < -0.39 is 0 Å². The molecule has 1 aromatic heterocycles. The van der Waals surface area contributed by atoms with Crippen LogP contribution in [-0.2, 0) is 0 Å². The van der Waals surface area contributed by atoms with Gasteiger partial charge in [-0.05, 0) is 0 Å². The van der Waals surface area contributed by atoms with E-state index in [1.165, 1.54) is 12.3 Å². The highest BCUT2D eigenvalue weighted by Crippen LogP contribution is 2.31. The Morgan fingerprint density at radius 2 is 2.40 bits per heavy atom. The van der Waals surface area contributed by atoms with Gasteiger partial charge in [0.2, 0.25) is 6.79 Å². The Balaban J connectivity index is 2.52. The minimum atomic E-state index is 0.0873. The van der Waals surface area contributed by atoms with E-state index in [0.29, 0.717) is 11.6 Å². The van der Waals surface area contributed by atoms with E-state index in [9.17, 15) is 0 Å². The molecule has 0 radical (unpaired) electrons. The smallest absolute Gasteiger partial charge is 0.260 e. The summed E-state index contributed by atoms with van der Waals surface area (Å²) in [5.41, 5.74) is 0. The van der Waals surface area contributed by atoms with Gasteiger partial charge in [-0.25, -0.2) is 4.98 Å². The first-order valence-corrected chi connectivity index (χ1v) is 2.81. The van der Waals surface area contributed by atoms with Crippen LogP contribution in [0.5, 0.6) is 17.4 Å². The van der Waals surface area contributed by atoms with E-state index in [1.54, 1.807) is 0 Å². The van der Waals surface area contributed by atoms with Crippen molar-refractivity contribution >= 4 is 0 Å². The van der Waals surface area contributed by atoms with Crippen molar-refractivity contribution in [3.05, 3.63) is 12.3 Å². The molecule has 0 aliphatic carbocycles. The Morgan fingerprint density at radius 3 is 3.30 bits per heavy atom. The van der Waals surface area contributed by atoms with Crippen molar-refractivity contribution in [3.8, 4) is 17.4 Å². The first-order chi connectivity index (χ1) is 4.86. The van der Waals surface area contributed by atoms with Crippen molar-refractivity contribution in [2.45, 2.75) is 0 Å². The van der Waals surface area contributed by atoms with Gasteiger partial charge in [0.1, 0.15) is 5.75 Å². The topological polar surface area (TPSA) is 51.6 Å². The molecule has 0 bridgehead atoms. The lowest BCUT2D eigenvalue weighted by molar-refractivity contribution is 0.171. The van der Waals surface area contributed by atoms with Gasteiger partial charge in [0, 0.05) is 6.07 Å². The average Bonchev–Trinajstić information content (AvgIpc) is 2.33. The van der Waals surface area contributed by atoms with Crippen LogP contribution >= 0.6 is 0 Å². The highest BCUT2D eigenvalue weighted by atomic mass is 16.7. The molecule has 0 saturated carbocycles. The van der Waals surface area contributed by atoms with Crippen molar-refractivity contribution in [1.29, 1.82) is 0 Å². The summed E-state index contributed by atoms with van der Waals surface area (Å²) >= 11 is 0. The lowest BCUT2D eigenvalue weighted by Gasteiger charge is -1.92. The molecule has 0 unspecified atom stereocenters. The Labute approximate surface area is 57.0 Å². The molecule has 0 spiro atoms. The fourth-order valence-electron chi connectivity index (χ4n) is 0.782. The SMILES string of the molecule is Oc1cnc2c(c1)OCO2. The Kier molecular flexibility index (Phi) is 0.943. The summed E-state index contributed by atoms with van der Waals surface area (Å²) in [4.78, 5) is 3.76. The van der Waals surface area contributed by atoms with Gasteiger partial charge in [-0.15, -0.1) is 0 Å². The van der Waals surface area contributed by atoms with Crippen LogP contribution in [-0.4, -0.2) is 16.9 Å². The van der Waals surface area contributed by atoms with E-state index in [4.69, 9.17) is 14.6 Å². The highest BCUT2D eigenvalue weighted by Gasteiger charge is 2.14. The van der Waals surface area contributed by atoms with Gasteiger partial charge in [0.05, 0.1) is 6.20 Å². The first-order valence-electron chi connectivity index (χ1n) is 2.81. The molecule has 0 atom stereocenters. The van der Waals surface area contributed by atoms with Gasteiger partial charge in [0.15, 0.2) is 5.75 Å². The largest absolute Gasteiger partial charge is 0.506 e. The minimum absolute atomic E-state index is 0.0873. The normalized spacial score (nSPS) is 13.6. The van der Waals surface area contributed by atoms with E-state index in [2.05, 4.69) is 4.98 Å². The van der Waals surface area contributed by atoms with E-state index in [0.717, 1.165) is 0 Å². The van der Waals surface area contributed by atoms with Crippen molar-refractivity contribution in [2.24, 2.45) is 0 Å². The van der Waals surface area contributed by atoms with Crippen LogP contribution in [0.15, 0.2) is 12.3 Å². The summed E-state index contributed by atoms with van der Waals surface area (Å²) in [6, 6.07) is 1.47. The van der Waals surface area contributed by atoms with Crippen LogP contribution in [0.1, 0.15) is 0 Å². The van der Waals surface area contributed by atoms with Gasteiger partial charge in [-0.3, -0.25) is 0 Å². The zero-order chi connectivity index (χ0) is 6.97. The summed E-state index contributed by atoms with van der Waals surface area (Å²) in [5, 5.41) is 8.90. The van der Waals surface area contributed by atoms with E-state index in [-0.39, 0.29) is 12.5 Å². The molecule has 1 aliphatic heterocycles. The van der Waals surface area contributed by atoms with Gasteiger partial charge in [-0.1, -0.05) is 0 Å². The molecule has 0 aromatic carbocycles. The molecule has 0 amide bonds. The Morgan fingerprint density at radius 1 is 1.50 bits per heavy atom. The zero-order valence-corrected chi connectivity index (χ0v) is 5.07. The molecule has 4 heteroatoms. The van der Waals surface area contributed by atoms with Crippen molar-refractivity contribution < 1.29 is 14.6 Å². The number of rotatable bonds is 0. The predicted octanol–water partition coefficient (Wildman–Crippen LogP) is 0.516. The fraction of sp³-hybridized carbons (Fsp3) is 0.167. The third-order valence-corrected chi connectivity index (χ3v) is 1.21. The molecular weight excluding hydrogens is 134 g/mol. The van der Waals surface area contributed by atoms with Crippen molar-refractivity contribution in [1.82, 2.24) is 4.98 Å². The maximum atomic E-state index is 8.90. The highest BCUT2D eigenvalue weighted by molar-refractivity contribution is 5.39. The zero-order valence-electron chi connectivity index (χ0n) is 5.07. The summed E-state index contributed by atoms with van der Waals surface area (Å²) in [5.74, 6) is 1.03. The quantitative estimate of drug-likeness (QED) is 0.569. The van der Waals surface area contributed by atoms with Crippen molar-refractivity contribution in [3.63, 3.8) is 0 Å². The molecule has 4 nitrogen and oxygen atoms in total. The van der Waals surface area contributed by atoms with Crippen LogP contribution in [0, 0.1) is 0 Å². The standard InChI is InChI=1S/C6H5NO3/c8-4-1-5-6(7-2-4)10-3-9-5/h1-2,8H,3H2. The number of aromatic nitrogens is 1. The second-order valence-electron chi connectivity index (χ2n) is 1.90. The second kappa shape index (κ2) is 1.76. The fourth-order valence-corrected chi connectivity index (χ4v) is 0.782. The van der Waals surface area contributed by atoms with Crippen LogP contribution in [0.4, 0.5) is 0 Å². The van der Waals surface area contributed by atoms with Crippen LogP contribution in [0.25, 0.3) is 0 Å². The minimum Gasteiger partial charge on any atom is -0.506 e. The molecular formula is C6H5NO3. The third kappa shape index (κ3) is 0.655. The van der Waals surface area contributed by atoms with Gasteiger partial charge in [-0.2, -0.15) is 0 Å². The monoisotopic (exact) mass is 139 g/mol. The van der Waals surface area contributed by atoms with Gasteiger partial charge in [0.25, 0.3) is 5.88 Å². The summed E-state index contributed by atoms with van der Waals surface area (Å²) in [6.07, 6.45) is 1.31. The maximum Gasteiger partial charge on any atom is 0.260 e. The molecule has 2 heterocycles. The maximum absolute atomic E-state index is 8.90. The summed E-state index contributed by atoms with van der Waals surface area (Å²) < 4.78 is 9.84. The number of nitrogens with zero attached hydrogens (tertiary/aromatic N) is 1. The molecule has 10 heavy (non-hydrogen) atoms. The van der Waals surface area contributed by atoms with Crippen LogP contribution in [0.3, 0.4) is 0 Å². The predicted molar refractivity (Wildman–Crippen MR) is 32.0 cm³/mol. The first kappa shape index (κ1) is 5.34. The van der Waals surface area contributed by atoms with Crippen LogP contribution in [0.2, 0.25) is 0 Å². The molecule has 0 saturated heterocycles. The van der Waals surface area contributed by atoms with Crippen LogP contribution < -0.4 is 9.47 Å². The molecule has 0 fully saturated rings. The number of aromatic hydroxyl groups is 1. The van der Waals surface area contributed by atoms with Gasteiger partial charge < -0.3 is 14.6 Å². The number of pyridine rings is 1. The van der Waals surface area contributed by atoms with Gasteiger partial charge >= 0.3 is 0 Å². The molecule has 52 valence electrons. The van der Waals surface area contributed by atoms with Crippen molar-refractivity contribution in [2.75, 3.05) is 6.79 Å². The number of hydrogen-bond acceptors (Lipinski definition) is 4. The molecule has 2 rings (SSSR count). The number of ether oxygens (including phenoxy) is 2. The number of fused-ring (bicyclic) bond motifs is 1. The molecule has 1 N–H and O–H groups in total. The van der Waals surface area contributed by atoms with E-state index in [1.807, 2.05) is 0 Å². The lowest BCUT2D eigenvalue weighted by Crippen LogP contribution is -1.93. The Bertz CT molecular complexity index is 261. The molecule has 1 aromatic rings.